The maximum atomic E-state index is 8.65. The maximum Gasteiger partial charge on any atom is 0.163 e. The van der Waals surface area contributed by atoms with E-state index in [1.807, 2.05) is 18.2 Å². The molecule has 1 aromatic heterocycles. The molecule has 0 aliphatic carbocycles. The van der Waals surface area contributed by atoms with Crippen LogP contribution in [-0.4, -0.2) is 34.4 Å². The Morgan fingerprint density at radius 2 is 1.95 bits per heavy atom. The Labute approximate surface area is 123 Å². The highest BCUT2D eigenvalue weighted by atomic mass is 32.2. The van der Waals surface area contributed by atoms with Crippen molar-refractivity contribution in [2.75, 3.05) is 19.3 Å². The van der Waals surface area contributed by atoms with E-state index >= 15 is 0 Å². The van der Waals surface area contributed by atoms with Crippen LogP contribution in [0.2, 0.25) is 0 Å². The molecule has 0 saturated heterocycles. The monoisotopic (exact) mass is 284 g/mol. The van der Waals surface area contributed by atoms with Crippen molar-refractivity contribution in [3.8, 4) is 6.07 Å². The second-order valence-electron chi connectivity index (χ2n) is 4.44. The van der Waals surface area contributed by atoms with E-state index in [1.54, 1.807) is 17.8 Å². The van der Waals surface area contributed by atoms with E-state index in [4.69, 9.17) is 5.26 Å². The minimum Gasteiger partial charge on any atom is -0.301 e. The average molecular weight is 284 g/mol. The number of rotatable bonds is 6. The topological polar surface area (TPSA) is 52.8 Å². The van der Waals surface area contributed by atoms with Gasteiger partial charge >= 0.3 is 0 Å². The van der Waals surface area contributed by atoms with Gasteiger partial charge in [0.25, 0.3) is 0 Å². The van der Waals surface area contributed by atoms with Gasteiger partial charge in [0.15, 0.2) is 5.69 Å². The molecule has 0 N–H and O–H groups in total. The third-order valence-corrected chi connectivity index (χ3v) is 3.67. The lowest BCUT2D eigenvalue weighted by Crippen LogP contribution is -2.20. The first-order valence-corrected chi connectivity index (χ1v) is 7.35. The van der Waals surface area contributed by atoms with Gasteiger partial charge < -0.3 is 4.90 Å². The van der Waals surface area contributed by atoms with E-state index in [1.165, 1.54) is 5.56 Å². The van der Waals surface area contributed by atoms with Crippen LogP contribution in [0, 0.1) is 11.3 Å². The number of thioether (sulfide) groups is 1. The summed E-state index contributed by atoms with van der Waals surface area (Å²) in [6.07, 6.45) is 0. The van der Waals surface area contributed by atoms with Crippen LogP contribution in [0.15, 0.2) is 47.5 Å². The second-order valence-corrected chi connectivity index (χ2v) is 5.56. The highest BCUT2D eigenvalue weighted by Gasteiger charge is 2.02. The minimum atomic E-state index is 0.357. The van der Waals surface area contributed by atoms with Crippen LogP contribution < -0.4 is 0 Å². The fourth-order valence-electron chi connectivity index (χ4n) is 1.74. The predicted molar refractivity (Wildman–Crippen MR) is 80.2 cm³/mol. The zero-order valence-corrected chi connectivity index (χ0v) is 12.2. The zero-order valence-electron chi connectivity index (χ0n) is 11.4. The van der Waals surface area contributed by atoms with Gasteiger partial charge in [0.05, 0.1) is 0 Å². The Hall–Kier alpha value is -1.90. The molecule has 0 radical (unpaired) electrons. The summed E-state index contributed by atoms with van der Waals surface area (Å²) in [6, 6.07) is 15.9. The molecule has 0 spiro atoms. The summed E-state index contributed by atoms with van der Waals surface area (Å²) >= 11 is 1.65. The van der Waals surface area contributed by atoms with Crippen molar-refractivity contribution in [3.63, 3.8) is 0 Å². The molecule has 0 amide bonds. The molecule has 2 rings (SSSR count). The largest absolute Gasteiger partial charge is 0.301 e. The van der Waals surface area contributed by atoms with Crippen molar-refractivity contribution < 1.29 is 0 Å². The number of benzene rings is 1. The van der Waals surface area contributed by atoms with Gasteiger partial charge in [0.1, 0.15) is 11.1 Å². The van der Waals surface area contributed by atoms with Crippen molar-refractivity contribution in [3.05, 3.63) is 53.7 Å². The van der Waals surface area contributed by atoms with Gasteiger partial charge in [-0.25, -0.2) is 0 Å². The lowest BCUT2D eigenvalue weighted by atomic mass is 10.2. The number of aromatic nitrogens is 2. The Kier molecular flexibility index (Phi) is 5.54. The lowest BCUT2D eigenvalue weighted by molar-refractivity contribution is 0.348. The van der Waals surface area contributed by atoms with Crippen molar-refractivity contribution in [1.82, 2.24) is 15.1 Å². The first kappa shape index (κ1) is 14.5. The van der Waals surface area contributed by atoms with E-state index in [0.717, 1.165) is 23.9 Å². The Balaban J connectivity index is 1.73. The standard InChI is InChI=1S/C15H16N4S/c1-19(12-13-5-3-2-4-6-13)9-10-20-15-8-7-14(11-16)17-18-15/h2-8H,9-10,12H2,1H3. The molecule has 0 bridgehead atoms. The number of nitrogens with zero attached hydrogens (tertiary/aromatic N) is 4. The predicted octanol–water partition coefficient (Wildman–Crippen LogP) is 2.57. The molecule has 0 aliphatic rings. The smallest absolute Gasteiger partial charge is 0.163 e. The molecule has 20 heavy (non-hydrogen) atoms. The first-order valence-electron chi connectivity index (χ1n) is 6.37. The van der Waals surface area contributed by atoms with Crippen LogP contribution in [0.5, 0.6) is 0 Å². The van der Waals surface area contributed by atoms with Crippen molar-refractivity contribution in [1.29, 1.82) is 5.26 Å². The molecule has 0 saturated carbocycles. The number of nitriles is 1. The highest BCUT2D eigenvalue weighted by Crippen LogP contribution is 2.14. The molecule has 0 unspecified atom stereocenters. The van der Waals surface area contributed by atoms with Gasteiger partial charge in [0.2, 0.25) is 0 Å². The summed E-state index contributed by atoms with van der Waals surface area (Å²) in [7, 11) is 2.11. The average Bonchev–Trinajstić information content (AvgIpc) is 2.49. The molecule has 1 heterocycles. The van der Waals surface area contributed by atoms with Crippen molar-refractivity contribution in [2.24, 2.45) is 0 Å². The molecule has 0 aliphatic heterocycles. The summed E-state index contributed by atoms with van der Waals surface area (Å²) in [5.41, 5.74) is 1.67. The maximum absolute atomic E-state index is 8.65. The van der Waals surface area contributed by atoms with E-state index < -0.39 is 0 Å². The van der Waals surface area contributed by atoms with Crippen molar-refractivity contribution >= 4 is 11.8 Å². The van der Waals surface area contributed by atoms with Gasteiger partial charge in [-0.1, -0.05) is 30.3 Å². The summed E-state index contributed by atoms with van der Waals surface area (Å²) in [4.78, 5) is 2.28. The Bertz CT molecular complexity index is 563. The van der Waals surface area contributed by atoms with E-state index in [-0.39, 0.29) is 0 Å². The molecule has 5 heteroatoms. The third-order valence-electron chi connectivity index (χ3n) is 2.77. The highest BCUT2D eigenvalue weighted by molar-refractivity contribution is 7.99. The van der Waals surface area contributed by atoms with Gasteiger partial charge in [-0.3, -0.25) is 0 Å². The van der Waals surface area contributed by atoms with E-state index in [9.17, 15) is 0 Å². The zero-order chi connectivity index (χ0) is 14.2. The number of hydrogen-bond donors (Lipinski definition) is 0. The Morgan fingerprint density at radius 3 is 2.60 bits per heavy atom. The van der Waals surface area contributed by atoms with Crippen LogP contribution in [0.4, 0.5) is 0 Å². The van der Waals surface area contributed by atoms with E-state index in [2.05, 4.69) is 46.4 Å². The van der Waals surface area contributed by atoms with E-state index in [0.29, 0.717) is 5.69 Å². The Morgan fingerprint density at radius 1 is 1.15 bits per heavy atom. The quantitative estimate of drug-likeness (QED) is 0.763. The van der Waals surface area contributed by atoms with Crippen LogP contribution >= 0.6 is 11.8 Å². The molecule has 1 aromatic carbocycles. The van der Waals surface area contributed by atoms with Gasteiger partial charge in [-0.15, -0.1) is 22.0 Å². The fraction of sp³-hybridized carbons (Fsp3) is 0.267. The summed E-state index contributed by atoms with van der Waals surface area (Å²) in [5.74, 6) is 0.948. The van der Waals surface area contributed by atoms with Gasteiger partial charge in [0, 0.05) is 18.8 Å². The van der Waals surface area contributed by atoms with Gasteiger partial charge in [-0.05, 0) is 24.7 Å². The SMILES string of the molecule is CN(CCSc1ccc(C#N)nn1)Cc1ccccc1. The first-order chi connectivity index (χ1) is 9.78. The molecular weight excluding hydrogens is 268 g/mol. The minimum absolute atomic E-state index is 0.357. The second kappa shape index (κ2) is 7.63. The normalized spacial score (nSPS) is 10.4. The molecule has 2 aromatic rings. The molecular formula is C15H16N4S. The molecule has 0 fully saturated rings. The van der Waals surface area contributed by atoms with Gasteiger partial charge in [-0.2, -0.15) is 5.26 Å². The lowest BCUT2D eigenvalue weighted by Gasteiger charge is -2.16. The third kappa shape index (κ3) is 4.65. The summed E-state index contributed by atoms with van der Waals surface area (Å²) < 4.78 is 0. The molecule has 4 nitrogen and oxygen atoms in total. The summed E-state index contributed by atoms with van der Waals surface area (Å²) in [5, 5.41) is 17.3. The fourth-order valence-corrected chi connectivity index (χ4v) is 2.61. The molecule has 102 valence electrons. The number of hydrogen-bond acceptors (Lipinski definition) is 5. The van der Waals surface area contributed by atoms with Crippen LogP contribution in [0.1, 0.15) is 11.3 Å². The van der Waals surface area contributed by atoms with Crippen molar-refractivity contribution in [2.45, 2.75) is 11.6 Å². The molecule has 0 atom stereocenters. The van der Waals surface area contributed by atoms with Crippen LogP contribution in [0.25, 0.3) is 0 Å². The van der Waals surface area contributed by atoms with Crippen LogP contribution in [-0.2, 0) is 6.54 Å². The van der Waals surface area contributed by atoms with Crippen LogP contribution in [0.3, 0.4) is 0 Å². The summed E-state index contributed by atoms with van der Waals surface area (Å²) in [6.45, 7) is 1.92.